The molecule has 1 rings (SSSR count). The molecule has 5 nitrogen and oxygen atoms in total. The van der Waals surface area contributed by atoms with Crippen molar-refractivity contribution in [3.05, 3.63) is 0 Å². The lowest BCUT2D eigenvalue weighted by Gasteiger charge is -2.25. The molecule has 1 N–H and O–H groups in total. The van der Waals surface area contributed by atoms with Crippen molar-refractivity contribution in [2.75, 3.05) is 26.4 Å². The molecule has 0 bridgehead atoms. The Bertz CT molecular complexity index is 303. The van der Waals surface area contributed by atoms with Gasteiger partial charge in [-0.3, -0.25) is 14.5 Å². The molecular weight excluding hydrogens is 222 g/mol. The first kappa shape index (κ1) is 14.1. The molecule has 2 amide bonds. The van der Waals surface area contributed by atoms with E-state index in [2.05, 4.69) is 0 Å². The number of hydrogen-bond donors (Lipinski definition) is 1. The smallest absolute Gasteiger partial charge is 0.235 e. The number of ether oxygens (including phenoxy) is 1. The van der Waals surface area contributed by atoms with E-state index in [1.165, 1.54) is 4.90 Å². The van der Waals surface area contributed by atoms with Gasteiger partial charge in [0, 0.05) is 6.42 Å². The van der Waals surface area contributed by atoms with Crippen molar-refractivity contribution in [2.45, 2.75) is 27.2 Å². The Morgan fingerprint density at radius 1 is 1.41 bits per heavy atom. The highest BCUT2D eigenvalue weighted by Crippen LogP contribution is 2.38. The molecule has 5 heteroatoms. The van der Waals surface area contributed by atoms with Gasteiger partial charge in [0.25, 0.3) is 0 Å². The van der Waals surface area contributed by atoms with Crippen LogP contribution in [-0.2, 0) is 14.3 Å². The van der Waals surface area contributed by atoms with Crippen molar-refractivity contribution < 1.29 is 19.4 Å². The van der Waals surface area contributed by atoms with E-state index < -0.39 is 5.41 Å². The average Bonchev–Trinajstić information content (AvgIpc) is 2.48. The molecule has 1 unspecified atom stereocenters. The lowest BCUT2D eigenvalue weighted by molar-refractivity contribution is -0.142. The summed E-state index contributed by atoms with van der Waals surface area (Å²) in [6.07, 6.45) is 0.281. The van der Waals surface area contributed by atoms with Gasteiger partial charge in [0.2, 0.25) is 11.8 Å². The molecule has 1 aliphatic rings. The first-order valence-electron chi connectivity index (χ1n) is 5.97. The molecule has 1 atom stereocenters. The highest BCUT2D eigenvalue weighted by atomic mass is 16.5. The molecule has 0 saturated carbocycles. The summed E-state index contributed by atoms with van der Waals surface area (Å²) in [6, 6.07) is 0. The summed E-state index contributed by atoms with van der Waals surface area (Å²) in [5.74, 6) is -0.0915. The summed E-state index contributed by atoms with van der Waals surface area (Å²) in [7, 11) is 0. The lowest BCUT2D eigenvalue weighted by Crippen LogP contribution is -2.38. The molecule has 0 aromatic rings. The van der Waals surface area contributed by atoms with Crippen molar-refractivity contribution >= 4 is 11.8 Å². The van der Waals surface area contributed by atoms with Crippen LogP contribution in [0.15, 0.2) is 0 Å². The fraction of sp³-hybridized carbons (Fsp3) is 0.833. The zero-order valence-electron chi connectivity index (χ0n) is 10.7. The minimum atomic E-state index is -0.575. The van der Waals surface area contributed by atoms with Crippen molar-refractivity contribution in [3.63, 3.8) is 0 Å². The number of nitrogens with zero attached hydrogens (tertiary/aromatic N) is 1. The normalized spacial score (nSPS) is 25.1. The Morgan fingerprint density at radius 3 is 2.53 bits per heavy atom. The molecule has 17 heavy (non-hydrogen) atoms. The van der Waals surface area contributed by atoms with Gasteiger partial charge in [-0.2, -0.15) is 0 Å². The molecule has 98 valence electrons. The van der Waals surface area contributed by atoms with E-state index in [0.29, 0.717) is 0 Å². The largest absolute Gasteiger partial charge is 0.394 e. The Kier molecular flexibility index (Phi) is 4.65. The standard InChI is InChI=1S/C12H21NO4/c1-9(2)12(3)8-10(15)13(11(12)16)4-6-17-7-5-14/h9,14H,4-8H2,1-3H3. The second-order valence-electron chi connectivity index (χ2n) is 4.94. The van der Waals surface area contributed by atoms with Gasteiger partial charge in [0.05, 0.1) is 31.8 Å². The minimum absolute atomic E-state index is 0.0500. The summed E-state index contributed by atoms with van der Waals surface area (Å²) < 4.78 is 5.07. The van der Waals surface area contributed by atoms with Crippen LogP contribution in [0.25, 0.3) is 0 Å². The van der Waals surface area contributed by atoms with Gasteiger partial charge in [-0.05, 0) is 12.8 Å². The molecule has 1 heterocycles. The minimum Gasteiger partial charge on any atom is -0.394 e. The summed E-state index contributed by atoms with van der Waals surface area (Å²) in [5.41, 5.74) is -0.575. The monoisotopic (exact) mass is 243 g/mol. The Morgan fingerprint density at radius 2 is 2.06 bits per heavy atom. The van der Waals surface area contributed by atoms with E-state index in [1.54, 1.807) is 0 Å². The van der Waals surface area contributed by atoms with E-state index in [1.807, 2.05) is 20.8 Å². The SMILES string of the molecule is CC(C)C1(C)CC(=O)N(CCOCCO)C1=O. The molecular formula is C12H21NO4. The first-order chi connectivity index (χ1) is 7.93. The van der Waals surface area contributed by atoms with E-state index in [9.17, 15) is 9.59 Å². The molecule has 0 aromatic carbocycles. The maximum absolute atomic E-state index is 12.1. The highest BCUT2D eigenvalue weighted by molar-refractivity contribution is 6.05. The van der Waals surface area contributed by atoms with Crippen LogP contribution in [-0.4, -0.2) is 48.2 Å². The third-order valence-electron chi connectivity index (χ3n) is 3.52. The van der Waals surface area contributed by atoms with Crippen LogP contribution >= 0.6 is 0 Å². The molecule has 1 saturated heterocycles. The van der Waals surface area contributed by atoms with Gasteiger partial charge in [-0.15, -0.1) is 0 Å². The fourth-order valence-corrected chi connectivity index (χ4v) is 1.91. The molecule has 0 aromatic heterocycles. The van der Waals surface area contributed by atoms with Crippen molar-refractivity contribution in [3.8, 4) is 0 Å². The van der Waals surface area contributed by atoms with Gasteiger partial charge in [-0.1, -0.05) is 13.8 Å². The summed E-state index contributed by atoms with van der Waals surface area (Å²) in [4.78, 5) is 25.2. The van der Waals surface area contributed by atoms with Gasteiger partial charge >= 0.3 is 0 Å². The number of aliphatic hydroxyl groups is 1. The quantitative estimate of drug-likeness (QED) is 0.542. The average molecular weight is 243 g/mol. The van der Waals surface area contributed by atoms with Gasteiger partial charge in [0.15, 0.2) is 0 Å². The third kappa shape index (κ3) is 2.84. The molecule has 1 fully saturated rings. The van der Waals surface area contributed by atoms with Gasteiger partial charge in [-0.25, -0.2) is 0 Å². The maximum Gasteiger partial charge on any atom is 0.235 e. The zero-order chi connectivity index (χ0) is 13.1. The van der Waals surface area contributed by atoms with Crippen LogP contribution in [0.3, 0.4) is 0 Å². The van der Waals surface area contributed by atoms with Crippen molar-refractivity contribution in [1.82, 2.24) is 4.90 Å². The molecule has 0 aliphatic carbocycles. The van der Waals surface area contributed by atoms with E-state index in [0.717, 1.165) is 0 Å². The number of likely N-dealkylation sites (tertiary alicyclic amines) is 1. The van der Waals surface area contributed by atoms with Crippen molar-refractivity contribution in [2.24, 2.45) is 11.3 Å². The number of rotatable bonds is 6. The Labute approximate surface area is 102 Å². The number of imide groups is 1. The predicted octanol–water partition coefficient (Wildman–Crippen LogP) is 0.416. The van der Waals surface area contributed by atoms with E-state index >= 15 is 0 Å². The highest BCUT2D eigenvalue weighted by Gasteiger charge is 2.49. The second kappa shape index (κ2) is 5.60. The lowest BCUT2D eigenvalue weighted by atomic mass is 9.78. The first-order valence-corrected chi connectivity index (χ1v) is 5.97. The van der Waals surface area contributed by atoms with Crippen LogP contribution in [0.1, 0.15) is 27.2 Å². The van der Waals surface area contributed by atoms with Crippen LogP contribution < -0.4 is 0 Å². The summed E-state index contributed by atoms with van der Waals surface area (Å²) in [5, 5.41) is 8.55. The number of amides is 2. The molecule has 0 spiro atoms. The zero-order valence-corrected chi connectivity index (χ0v) is 10.7. The topological polar surface area (TPSA) is 66.8 Å². The third-order valence-corrected chi connectivity index (χ3v) is 3.52. The van der Waals surface area contributed by atoms with Crippen LogP contribution in [0.2, 0.25) is 0 Å². The molecule has 0 radical (unpaired) electrons. The summed E-state index contributed by atoms with van der Waals surface area (Å²) >= 11 is 0. The van der Waals surface area contributed by atoms with E-state index in [-0.39, 0.29) is 50.5 Å². The van der Waals surface area contributed by atoms with Crippen molar-refractivity contribution in [1.29, 1.82) is 0 Å². The maximum atomic E-state index is 12.1. The predicted molar refractivity (Wildman–Crippen MR) is 62.2 cm³/mol. The van der Waals surface area contributed by atoms with Gasteiger partial charge in [0.1, 0.15) is 0 Å². The number of hydrogen-bond acceptors (Lipinski definition) is 4. The van der Waals surface area contributed by atoms with Crippen LogP contribution in [0.4, 0.5) is 0 Å². The molecule has 1 aliphatic heterocycles. The fourth-order valence-electron chi connectivity index (χ4n) is 1.91. The van der Waals surface area contributed by atoms with Crippen LogP contribution in [0.5, 0.6) is 0 Å². The van der Waals surface area contributed by atoms with Gasteiger partial charge < -0.3 is 9.84 Å². The van der Waals surface area contributed by atoms with Crippen LogP contribution in [0, 0.1) is 11.3 Å². The number of carbonyl (C=O) groups excluding carboxylic acids is 2. The number of carbonyl (C=O) groups is 2. The Hall–Kier alpha value is -0.940. The second-order valence-corrected chi connectivity index (χ2v) is 4.94. The van der Waals surface area contributed by atoms with E-state index in [4.69, 9.17) is 9.84 Å². The Balaban J connectivity index is 2.57. The number of aliphatic hydroxyl groups excluding tert-OH is 1. The summed E-state index contributed by atoms with van der Waals surface area (Å²) in [6.45, 7) is 6.50.